The first-order chi connectivity index (χ1) is 11.2. The summed E-state index contributed by atoms with van der Waals surface area (Å²) < 4.78 is 5.98. The molecule has 118 valence electrons. The summed E-state index contributed by atoms with van der Waals surface area (Å²) in [6, 6.07) is 8.10. The summed E-state index contributed by atoms with van der Waals surface area (Å²) in [5.41, 5.74) is 9.56. The van der Waals surface area contributed by atoms with Crippen LogP contribution in [0.4, 0.5) is 9.80 Å². The number of para-hydroxylation sites is 1. The summed E-state index contributed by atoms with van der Waals surface area (Å²) in [6.45, 7) is 1.20. The number of thiazole rings is 1. The molecule has 1 aliphatic rings. The average Bonchev–Trinajstić information content (AvgIpc) is 3.12. The Kier molecular flexibility index (Phi) is 3.46. The van der Waals surface area contributed by atoms with Crippen LogP contribution in [0.2, 0.25) is 0 Å². The Bertz CT molecular complexity index is 867. The molecule has 2 aromatic heterocycles. The minimum absolute atomic E-state index is 0.288. The number of nitrogens with two attached hydrogens (primary N) is 1. The van der Waals surface area contributed by atoms with E-state index in [1.54, 1.807) is 27.6 Å². The maximum Gasteiger partial charge on any atom is 0.409 e. The smallest absolute Gasteiger partial charge is 0.409 e. The summed E-state index contributed by atoms with van der Waals surface area (Å²) in [5, 5.41) is 1.74. The van der Waals surface area contributed by atoms with Crippen LogP contribution in [0.25, 0.3) is 20.8 Å². The van der Waals surface area contributed by atoms with Crippen molar-refractivity contribution in [1.29, 1.82) is 0 Å². The van der Waals surface area contributed by atoms with Crippen molar-refractivity contribution in [2.45, 2.75) is 13.0 Å². The van der Waals surface area contributed by atoms with E-state index in [-0.39, 0.29) is 6.09 Å². The van der Waals surface area contributed by atoms with Crippen molar-refractivity contribution < 1.29 is 9.53 Å². The van der Waals surface area contributed by atoms with Gasteiger partial charge >= 0.3 is 6.09 Å². The van der Waals surface area contributed by atoms with E-state index in [9.17, 15) is 4.79 Å². The second-order valence-electron chi connectivity index (χ2n) is 5.37. The van der Waals surface area contributed by atoms with Crippen LogP contribution in [-0.4, -0.2) is 29.6 Å². The van der Waals surface area contributed by atoms with Gasteiger partial charge < -0.3 is 15.4 Å². The van der Waals surface area contributed by atoms with Crippen LogP contribution >= 0.6 is 22.7 Å². The van der Waals surface area contributed by atoms with Crippen LogP contribution < -0.4 is 5.73 Å². The van der Waals surface area contributed by atoms with Crippen LogP contribution in [0.15, 0.2) is 24.3 Å². The van der Waals surface area contributed by atoms with Crippen LogP contribution in [0.5, 0.6) is 0 Å². The number of amides is 1. The average molecular weight is 345 g/mol. The van der Waals surface area contributed by atoms with Crippen LogP contribution in [0, 0.1) is 0 Å². The zero-order valence-electron chi connectivity index (χ0n) is 12.5. The fourth-order valence-corrected chi connectivity index (χ4v) is 5.18. The molecule has 0 saturated heterocycles. The highest BCUT2D eigenvalue weighted by molar-refractivity contribution is 7.22. The van der Waals surface area contributed by atoms with Gasteiger partial charge in [0.1, 0.15) is 5.01 Å². The number of methoxy groups -OCH3 is 1. The van der Waals surface area contributed by atoms with Gasteiger partial charge in [-0.05, 0) is 24.1 Å². The van der Waals surface area contributed by atoms with Gasteiger partial charge in [-0.3, -0.25) is 0 Å². The molecule has 0 saturated carbocycles. The topological polar surface area (TPSA) is 68.5 Å². The number of aromatic nitrogens is 1. The molecule has 1 amide bonds. The number of nitrogen functional groups attached to an aromatic ring is 1. The van der Waals surface area contributed by atoms with Crippen molar-refractivity contribution in [2.24, 2.45) is 0 Å². The van der Waals surface area contributed by atoms with Gasteiger partial charge in [-0.1, -0.05) is 12.1 Å². The molecule has 0 unspecified atom stereocenters. The van der Waals surface area contributed by atoms with Crippen molar-refractivity contribution in [2.75, 3.05) is 19.4 Å². The van der Waals surface area contributed by atoms with Crippen LogP contribution in [0.1, 0.15) is 10.4 Å². The monoisotopic (exact) mass is 345 g/mol. The molecule has 0 radical (unpaired) electrons. The number of nitrogens with zero attached hydrogens (tertiary/aromatic N) is 2. The fourth-order valence-electron chi connectivity index (χ4n) is 2.92. The molecule has 0 aliphatic carbocycles. The summed E-state index contributed by atoms with van der Waals surface area (Å²) >= 11 is 3.21. The molecule has 0 bridgehead atoms. The van der Waals surface area contributed by atoms with Gasteiger partial charge in [-0.25, -0.2) is 9.78 Å². The van der Waals surface area contributed by atoms with Gasteiger partial charge in [0.2, 0.25) is 0 Å². The summed E-state index contributed by atoms with van der Waals surface area (Å²) in [6.07, 6.45) is 0.493. The molecular formula is C16H15N3O2S2. The predicted molar refractivity (Wildman–Crippen MR) is 93.9 cm³/mol. The molecule has 1 aromatic carbocycles. The highest BCUT2D eigenvalue weighted by Crippen LogP contribution is 2.44. The Hall–Kier alpha value is -2.12. The number of anilines is 1. The largest absolute Gasteiger partial charge is 0.453 e. The zero-order valence-corrected chi connectivity index (χ0v) is 14.2. The number of ether oxygens (including phenoxy) is 1. The molecule has 7 heteroatoms. The first kappa shape index (κ1) is 14.5. The van der Waals surface area contributed by atoms with Crippen LogP contribution in [-0.2, 0) is 17.7 Å². The van der Waals surface area contributed by atoms with Gasteiger partial charge in [-0.2, -0.15) is 0 Å². The molecule has 3 aromatic rings. The third-order valence-electron chi connectivity index (χ3n) is 4.02. The predicted octanol–water partition coefficient (Wildman–Crippen LogP) is 3.73. The molecule has 1 aliphatic heterocycles. The summed E-state index contributed by atoms with van der Waals surface area (Å²) in [5.74, 6) is 0. The first-order valence-corrected chi connectivity index (χ1v) is 8.89. The number of hydrogen-bond donors (Lipinski definition) is 1. The molecule has 3 heterocycles. The lowest BCUT2D eigenvalue weighted by Gasteiger charge is -2.25. The molecular weight excluding hydrogens is 330 g/mol. The van der Waals surface area contributed by atoms with Crippen molar-refractivity contribution in [3.8, 4) is 10.6 Å². The number of thiophene rings is 1. The molecule has 0 spiro atoms. The van der Waals surface area contributed by atoms with Gasteiger partial charge in [0.25, 0.3) is 0 Å². The Morgan fingerprint density at radius 1 is 1.35 bits per heavy atom. The summed E-state index contributed by atoms with van der Waals surface area (Å²) in [7, 11) is 1.41. The Morgan fingerprint density at radius 2 is 2.17 bits per heavy atom. The van der Waals surface area contributed by atoms with Crippen molar-refractivity contribution in [1.82, 2.24) is 9.88 Å². The van der Waals surface area contributed by atoms with Crippen LogP contribution in [0.3, 0.4) is 0 Å². The highest BCUT2D eigenvalue weighted by Gasteiger charge is 2.28. The van der Waals surface area contributed by atoms with E-state index >= 15 is 0 Å². The Morgan fingerprint density at radius 3 is 2.96 bits per heavy atom. The standard InChI is InChI=1S/C16H15N3O2S2/c1-21-16(20)19-7-6-9-12(8-19)22-14(17)13(9)15-18-10-4-2-3-5-11(10)23-15/h2-5H,6-8,17H2,1H3. The quantitative estimate of drug-likeness (QED) is 0.729. The van der Waals surface area contributed by atoms with Gasteiger partial charge in [0.05, 0.1) is 28.9 Å². The lowest BCUT2D eigenvalue weighted by atomic mass is 10.0. The van der Waals surface area contributed by atoms with E-state index in [0.29, 0.717) is 13.1 Å². The Labute approximate surface area is 141 Å². The van der Waals surface area contributed by atoms with Crippen molar-refractivity contribution in [3.05, 3.63) is 34.7 Å². The fraction of sp³-hybridized carbons (Fsp3) is 0.250. The minimum atomic E-state index is -0.288. The first-order valence-electron chi connectivity index (χ1n) is 7.26. The maximum absolute atomic E-state index is 11.7. The molecule has 0 atom stereocenters. The molecule has 0 fully saturated rings. The number of carbonyl (C=O) groups is 1. The zero-order chi connectivity index (χ0) is 16.0. The number of rotatable bonds is 1. The minimum Gasteiger partial charge on any atom is -0.453 e. The lowest BCUT2D eigenvalue weighted by molar-refractivity contribution is 0.119. The molecule has 5 nitrogen and oxygen atoms in total. The highest BCUT2D eigenvalue weighted by atomic mass is 32.1. The maximum atomic E-state index is 11.7. The molecule has 23 heavy (non-hydrogen) atoms. The van der Waals surface area contributed by atoms with Crippen molar-refractivity contribution >= 4 is 44.0 Å². The second kappa shape index (κ2) is 5.50. The van der Waals surface area contributed by atoms with E-state index in [1.807, 2.05) is 18.2 Å². The normalized spacial score (nSPS) is 14.0. The second-order valence-corrected chi connectivity index (χ2v) is 7.54. The number of benzene rings is 1. The van der Waals surface area contributed by atoms with Gasteiger partial charge in [0.15, 0.2) is 0 Å². The lowest BCUT2D eigenvalue weighted by Crippen LogP contribution is -2.35. The third kappa shape index (κ3) is 2.36. The third-order valence-corrected chi connectivity index (χ3v) is 6.12. The van der Waals surface area contributed by atoms with E-state index < -0.39 is 0 Å². The van der Waals surface area contributed by atoms with E-state index in [1.165, 1.54) is 12.7 Å². The van der Waals surface area contributed by atoms with E-state index in [2.05, 4.69) is 6.07 Å². The van der Waals surface area contributed by atoms with Gasteiger partial charge in [-0.15, -0.1) is 22.7 Å². The van der Waals surface area contributed by atoms with E-state index in [4.69, 9.17) is 15.5 Å². The Balaban J connectivity index is 1.76. The number of carbonyl (C=O) groups excluding carboxylic acids is 1. The number of hydrogen-bond acceptors (Lipinski definition) is 6. The van der Waals surface area contributed by atoms with E-state index in [0.717, 1.165) is 37.1 Å². The van der Waals surface area contributed by atoms with Gasteiger partial charge in [0, 0.05) is 17.0 Å². The number of fused-ring (bicyclic) bond motifs is 2. The molecule has 4 rings (SSSR count). The van der Waals surface area contributed by atoms with Crippen molar-refractivity contribution in [3.63, 3.8) is 0 Å². The molecule has 2 N–H and O–H groups in total. The summed E-state index contributed by atoms with van der Waals surface area (Å²) in [4.78, 5) is 19.3. The SMILES string of the molecule is COC(=O)N1CCc2c(sc(N)c2-c2nc3ccccc3s2)C1.